The smallest absolute Gasteiger partial charge is 0.225 e. The van der Waals surface area contributed by atoms with Gasteiger partial charge < -0.3 is 10.2 Å². The van der Waals surface area contributed by atoms with Crippen LogP contribution in [0.3, 0.4) is 0 Å². The Bertz CT molecular complexity index is 534. The maximum Gasteiger partial charge on any atom is 0.225 e. The Labute approximate surface area is 125 Å². The Morgan fingerprint density at radius 2 is 2.00 bits per heavy atom. The predicted molar refractivity (Wildman–Crippen MR) is 80.7 cm³/mol. The molecular formula is C17H22N2O2. The van der Waals surface area contributed by atoms with Gasteiger partial charge in [0.15, 0.2) is 0 Å². The number of carbonyl (C=O) groups excluding carboxylic acids is 2. The van der Waals surface area contributed by atoms with Gasteiger partial charge in [-0.25, -0.2) is 0 Å². The SMILES string of the molecule is Cc1ccc(CCN2CC(C(=O)NC3CC3)CC2=O)cc1. The van der Waals surface area contributed by atoms with Crippen molar-refractivity contribution in [2.45, 2.75) is 38.6 Å². The van der Waals surface area contributed by atoms with Crippen molar-refractivity contribution in [1.29, 1.82) is 0 Å². The maximum absolute atomic E-state index is 12.0. The van der Waals surface area contributed by atoms with Gasteiger partial charge in [0, 0.05) is 25.6 Å². The first-order valence-corrected chi connectivity index (χ1v) is 7.75. The third-order valence-electron chi connectivity index (χ3n) is 4.30. The molecule has 2 fully saturated rings. The highest BCUT2D eigenvalue weighted by Gasteiger charge is 2.36. The Hall–Kier alpha value is -1.84. The number of aryl methyl sites for hydroxylation is 1. The van der Waals surface area contributed by atoms with E-state index in [9.17, 15) is 9.59 Å². The summed E-state index contributed by atoms with van der Waals surface area (Å²) in [5.41, 5.74) is 2.48. The second-order valence-electron chi connectivity index (χ2n) is 6.26. The van der Waals surface area contributed by atoms with E-state index in [0.717, 1.165) is 19.3 Å². The quantitative estimate of drug-likeness (QED) is 0.895. The molecule has 1 saturated carbocycles. The van der Waals surface area contributed by atoms with E-state index in [1.54, 1.807) is 0 Å². The zero-order valence-electron chi connectivity index (χ0n) is 12.5. The van der Waals surface area contributed by atoms with Gasteiger partial charge in [-0.05, 0) is 31.7 Å². The topological polar surface area (TPSA) is 49.4 Å². The second kappa shape index (κ2) is 5.88. The molecule has 4 nitrogen and oxygen atoms in total. The van der Waals surface area contributed by atoms with Crippen LogP contribution >= 0.6 is 0 Å². The summed E-state index contributed by atoms with van der Waals surface area (Å²) in [5, 5.41) is 3.00. The van der Waals surface area contributed by atoms with Crippen LogP contribution in [0.1, 0.15) is 30.4 Å². The van der Waals surface area contributed by atoms with Crippen molar-refractivity contribution in [2.75, 3.05) is 13.1 Å². The van der Waals surface area contributed by atoms with Gasteiger partial charge in [-0.2, -0.15) is 0 Å². The van der Waals surface area contributed by atoms with Crippen molar-refractivity contribution < 1.29 is 9.59 Å². The number of carbonyl (C=O) groups is 2. The van der Waals surface area contributed by atoms with Gasteiger partial charge in [-0.3, -0.25) is 9.59 Å². The van der Waals surface area contributed by atoms with Crippen LogP contribution in [0.4, 0.5) is 0 Å². The van der Waals surface area contributed by atoms with Crippen LogP contribution in [0, 0.1) is 12.8 Å². The van der Waals surface area contributed by atoms with Crippen molar-refractivity contribution in [3.8, 4) is 0 Å². The van der Waals surface area contributed by atoms with Gasteiger partial charge in [0.05, 0.1) is 5.92 Å². The van der Waals surface area contributed by atoms with Gasteiger partial charge in [-0.15, -0.1) is 0 Å². The van der Waals surface area contributed by atoms with E-state index in [1.165, 1.54) is 11.1 Å². The van der Waals surface area contributed by atoms with Crippen LogP contribution in [0.25, 0.3) is 0 Å². The predicted octanol–water partition coefficient (Wildman–Crippen LogP) is 1.66. The first-order chi connectivity index (χ1) is 10.1. The van der Waals surface area contributed by atoms with E-state index in [1.807, 2.05) is 4.90 Å². The van der Waals surface area contributed by atoms with Gasteiger partial charge >= 0.3 is 0 Å². The number of amides is 2. The molecule has 0 radical (unpaired) electrons. The largest absolute Gasteiger partial charge is 0.353 e. The molecule has 0 spiro atoms. The third kappa shape index (κ3) is 3.63. The number of hydrogen-bond acceptors (Lipinski definition) is 2. The summed E-state index contributed by atoms with van der Waals surface area (Å²) in [6.07, 6.45) is 3.39. The number of hydrogen-bond donors (Lipinski definition) is 1. The minimum absolute atomic E-state index is 0.0590. The van der Waals surface area contributed by atoms with E-state index in [4.69, 9.17) is 0 Å². The number of likely N-dealkylation sites (tertiary alicyclic amines) is 1. The molecule has 0 bridgehead atoms. The van der Waals surface area contributed by atoms with E-state index in [2.05, 4.69) is 36.5 Å². The Balaban J connectivity index is 1.50. The summed E-state index contributed by atoms with van der Waals surface area (Å²) in [5.74, 6) is 0.0119. The van der Waals surface area contributed by atoms with Gasteiger partial charge in [0.25, 0.3) is 0 Å². The molecule has 1 unspecified atom stereocenters. The van der Waals surface area contributed by atoms with E-state index in [0.29, 0.717) is 25.6 Å². The summed E-state index contributed by atoms with van der Waals surface area (Å²) in [6.45, 7) is 3.34. The van der Waals surface area contributed by atoms with Gasteiger partial charge in [-0.1, -0.05) is 29.8 Å². The lowest BCUT2D eigenvalue weighted by atomic mass is 10.1. The zero-order valence-corrected chi connectivity index (χ0v) is 12.5. The van der Waals surface area contributed by atoms with Crippen molar-refractivity contribution >= 4 is 11.8 Å². The highest BCUT2D eigenvalue weighted by atomic mass is 16.2. The van der Waals surface area contributed by atoms with E-state index < -0.39 is 0 Å². The third-order valence-corrected chi connectivity index (χ3v) is 4.30. The lowest BCUT2D eigenvalue weighted by Gasteiger charge is -2.16. The molecule has 1 aromatic carbocycles. The molecule has 1 aliphatic heterocycles. The molecule has 3 rings (SSSR count). The average Bonchev–Trinajstić information content (AvgIpc) is 3.20. The number of rotatable bonds is 5. The molecule has 112 valence electrons. The molecule has 21 heavy (non-hydrogen) atoms. The first kappa shape index (κ1) is 14.1. The fourth-order valence-electron chi connectivity index (χ4n) is 2.73. The van der Waals surface area contributed by atoms with E-state index >= 15 is 0 Å². The van der Waals surface area contributed by atoms with E-state index in [-0.39, 0.29) is 17.7 Å². The molecule has 1 aromatic rings. The van der Waals surface area contributed by atoms with Crippen LogP contribution < -0.4 is 5.32 Å². The highest BCUT2D eigenvalue weighted by molar-refractivity contribution is 5.89. The minimum atomic E-state index is -0.156. The Morgan fingerprint density at radius 1 is 1.29 bits per heavy atom. The molecule has 1 atom stereocenters. The van der Waals surface area contributed by atoms with Crippen molar-refractivity contribution in [1.82, 2.24) is 10.2 Å². The van der Waals surface area contributed by atoms with Crippen LogP contribution in [-0.4, -0.2) is 35.8 Å². The minimum Gasteiger partial charge on any atom is -0.353 e. The van der Waals surface area contributed by atoms with Crippen LogP contribution in [0.5, 0.6) is 0 Å². The monoisotopic (exact) mass is 286 g/mol. The van der Waals surface area contributed by atoms with Gasteiger partial charge in [0.2, 0.25) is 11.8 Å². The molecule has 1 N–H and O–H groups in total. The summed E-state index contributed by atoms with van der Waals surface area (Å²) in [4.78, 5) is 25.9. The molecule has 1 saturated heterocycles. The molecule has 1 heterocycles. The molecule has 2 amide bonds. The molecule has 4 heteroatoms. The van der Waals surface area contributed by atoms with Crippen molar-refractivity contribution in [3.05, 3.63) is 35.4 Å². The fourth-order valence-corrected chi connectivity index (χ4v) is 2.73. The highest BCUT2D eigenvalue weighted by Crippen LogP contribution is 2.23. The molecular weight excluding hydrogens is 264 g/mol. The lowest BCUT2D eigenvalue weighted by molar-refractivity contribution is -0.129. The van der Waals surface area contributed by atoms with Crippen molar-refractivity contribution in [3.63, 3.8) is 0 Å². The number of nitrogens with zero attached hydrogens (tertiary/aromatic N) is 1. The second-order valence-corrected chi connectivity index (χ2v) is 6.26. The molecule has 1 aliphatic carbocycles. The fraction of sp³-hybridized carbons (Fsp3) is 0.529. The van der Waals surface area contributed by atoms with Crippen LogP contribution in [0.15, 0.2) is 24.3 Å². The van der Waals surface area contributed by atoms with Gasteiger partial charge in [0.1, 0.15) is 0 Å². The normalized spacial score (nSPS) is 21.7. The average molecular weight is 286 g/mol. The van der Waals surface area contributed by atoms with Crippen LogP contribution in [0.2, 0.25) is 0 Å². The number of nitrogens with one attached hydrogen (secondary N) is 1. The lowest BCUT2D eigenvalue weighted by Crippen LogP contribution is -2.34. The summed E-state index contributed by atoms with van der Waals surface area (Å²) >= 11 is 0. The van der Waals surface area contributed by atoms with Crippen LogP contribution in [-0.2, 0) is 16.0 Å². The molecule has 2 aliphatic rings. The summed E-state index contributed by atoms with van der Waals surface area (Å²) < 4.78 is 0. The maximum atomic E-state index is 12.0. The summed E-state index contributed by atoms with van der Waals surface area (Å²) in [7, 11) is 0. The van der Waals surface area contributed by atoms with Crippen molar-refractivity contribution in [2.24, 2.45) is 5.92 Å². The first-order valence-electron chi connectivity index (χ1n) is 7.75. The standard InChI is InChI=1S/C17H22N2O2/c1-12-2-4-13(5-3-12)8-9-19-11-14(10-16(19)20)17(21)18-15-6-7-15/h2-5,14-15H,6-11H2,1H3,(H,18,21). The summed E-state index contributed by atoms with van der Waals surface area (Å²) in [6, 6.07) is 8.76. The number of benzene rings is 1. The zero-order chi connectivity index (χ0) is 14.8. The Morgan fingerprint density at radius 3 is 2.67 bits per heavy atom. The molecule has 0 aromatic heterocycles. The Kier molecular flexibility index (Phi) is 3.95.